The van der Waals surface area contributed by atoms with Gasteiger partial charge in [0.2, 0.25) is 0 Å². The number of fused-ring (bicyclic) bond motifs is 1. The van der Waals surface area contributed by atoms with Crippen molar-refractivity contribution in [1.29, 1.82) is 0 Å². The van der Waals surface area contributed by atoms with Gasteiger partial charge in [-0.25, -0.2) is 9.97 Å². The van der Waals surface area contributed by atoms with Crippen molar-refractivity contribution in [2.75, 3.05) is 25.0 Å². The molecule has 1 aliphatic carbocycles. The molecule has 4 rings (SSSR count). The Morgan fingerprint density at radius 1 is 1.25 bits per heavy atom. The minimum absolute atomic E-state index is 0.00714. The molecule has 3 heterocycles. The standard InChI is InChI=1S/C17H20N6O/c1-22(16-3-2-7-20-21-16)15-5-4-12-9-23(10-13(12)15)17(24)14-6-8-18-11-19-14/h2-3,6-8,11-13,15H,4-5,9-10H2,1H3/t12-,13+,15-/m1/s1. The zero-order valence-corrected chi connectivity index (χ0v) is 13.6. The summed E-state index contributed by atoms with van der Waals surface area (Å²) >= 11 is 0. The largest absolute Gasteiger partial charge is 0.355 e. The van der Waals surface area contributed by atoms with Crippen molar-refractivity contribution in [2.24, 2.45) is 11.8 Å². The van der Waals surface area contributed by atoms with Crippen molar-refractivity contribution in [3.05, 3.63) is 42.6 Å². The van der Waals surface area contributed by atoms with Crippen LogP contribution in [0.1, 0.15) is 23.3 Å². The minimum Gasteiger partial charge on any atom is -0.355 e. The molecule has 0 radical (unpaired) electrons. The van der Waals surface area contributed by atoms with Crippen LogP contribution in [0.25, 0.3) is 0 Å². The SMILES string of the molecule is CN(c1cccnn1)[C@@H]1CC[C@@H]2CN(C(=O)c3ccncn3)C[C@@H]21. The van der Waals surface area contributed by atoms with Gasteiger partial charge >= 0.3 is 0 Å². The van der Waals surface area contributed by atoms with E-state index in [9.17, 15) is 4.79 Å². The number of amides is 1. The fraction of sp³-hybridized carbons (Fsp3) is 0.471. The summed E-state index contributed by atoms with van der Waals surface area (Å²) in [5.41, 5.74) is 0.476. The van der Waals surface area contributed by atoms with E-state index in [4.69, 9.17) is 0 Å². The van der Waals surface area contributed by atoms with E-state index < -0.39 is 0 Å². The van der Waals surface area contributed by atoms with Crippen molar-refractivity contribution in [3.8, 4) is 0 Å². The first-order valence-corrected chi connectivity index (χ1v) is 8.30. The fourth-order valence-electron chi connectivity index (χ4n) is 4.11. The Hall–Kier alpha value is -2.57. The topological polar surface area (TPSA) is 75.1 Å². The molecule has 0 aromatic carbocycles. The molecule has 0 spiro atoms. The number of rotatable bonds is 3. The van der Waals surface area contributed by atoms with Gasteiger partial charge < -0.3 is 9.80 Å². The quantitative estimate of drug-likeness (QED) is 0.846. The van der Waals surface area contributed by atoms with Crippen molar-refractivity contribution >= 4 is 11.7 Å². The minimum atomic E-state index is 0.00714. The molecule has 24 heavy (non-hydrogen) atoms. The summed E-state index contributed by atoms with van der Waals surface area (Å²) in [4.78, 5) is 24.7. The number of anilines is 1. The summed E-state index contributed by atoms with van der Waals surface area (Å²) in [5, 5.41) is 8.19. The second-order valence-corrected chi connectivity index (χ2v) is 6.57. The Morgan fingerprint density at radius 2 is 2.17 bits per heavy atom. The Bertz CT molecular complexity index is 710. The Labute approximate surface area is 140 Å². The summed E-state index contributed by atoms with van der Waals surface area (Å²) in [7, 11) is 2.08. The van der Waals surface area contributed by atoms with Crippen LogP contribution in [0.3, 0.4) is 0 Å². The molecule has 0 N–H and O–H groups in total. The summed E-state index contributed by atoms with van der Waals surface area (Å²) in [5.74, 6) is 1.93. The molecule has 2 aromatic heterocycles. The third-order valence-electron chi connectivity index (χ3n) is 5.32. The zero-order valence-electron chi connectivity index (χ0n) is 13.6. The molecule has 1 saturated heterocycles. The predicted octanol–water partition coefficient (Wildman–Crippen LogP) is 1.25. The average molecular weight is 324 g/mol. The highest BCUT2D eigenvalue weighted by Crippen LogP contribution is 2.41. The van der Waals surface area contributed by atoms with Crippen LogP contribution in [0.5, 0.6) is 0 Å². The van der Waals surface area contributed by atoms with Crippen LogP contribution in [0, 0.1) is 11.8 Å². The summed E-state index contributed by atoms with van der Waals surface area (Å²) in [6.07, 6.45) is 7.01. The molecule has 124 valence electrons. The Kier molecular flexibility index (Phi) is 3.84. The molecule has 1 saturated carbocycles. The van der Waals surface area contributed by atoms with E-state index >= 15 is 0 Å². The monoisotopic (exact) mass is 324 g/mol. The first kappa shape index (κ1) is 15.0. The van der Waals surface area contributed by atoms with Crippen molar-refractivity contribution in [3.63, 3.8) is 0 Å². The average Bonchev–Trinajstić information content (AvgIpc) is 3.22. The molecular weight excluding hydrogens is 304 g/mol. The molecule has 1 aliphatic heterocycles. The Balaban J connectivity index is 1.48. The smallest absolute Gasteiger partial charge is 0.272 e. The first-order chi connectivity index (χ1) is 11.7. The maximum absolute atomic E-state index is 12.6. The van der Waals surface area contributed by atoms with E-state index in [0.717, 1.165) is 31.7 Å². The second kappa shape index (κ2) is 6.14. The van der Waals surface area contributed by atoms with Gasteiger partial charge in [0.05, 0.1) is 0 Å². The van der Waals surface area contributed by atoms with Crippen LogP contribution in [0.2, 0.25) is 0 Å². The molecule has 7 heteroatoms. The van der Waals surface area contributed by atoms with Crippen molar-refractivity contribution < 1.29 is 4.79 Å². The van der Waals surface area contributed by atoms with Crippen LogP contribution < -0.4 is 4.90 Å². The molecule has 2 aliphatic rings. The van der Waals surface area contributed by atoms with E-state index in [2.05, 4.69) is 32.1 Å². The third-order valence-corrected chi connectivity index (χ3v) is 5.32. The summed E-state index contributed by atoms with van der Waals surface area (Å²) < 4.78 is 0. The normalized spacial score (nSPS) is 25.5. The lowest BCUT2D eigenvalue weighted by Gasteiger charge is -2.30. The molecule has 2 fully saturated rings. The third kappa shape index (κ3) is 2.60. The lowest BCUT2D eigenvalue weighted by Crippen LogP contribution is -2.39. The molecule has 0 unspecified atom stereocenters. The van der Waals surface area contributed by atoms with Gasteiger partial charge in [0, 0.05) is 44.5 Å². The fourth-order valence-corrected chi connectivity index (χ4v) is 4.11. The number of carbonyl (C=O) groups excluding carboxylic acids is 1. The molecule has 7 nitrogen and oxygen atoms in total. The second-order valence-electron chi connectivity index (χ2n) is 6.57. The van der Waals surface area contributed by atoms with Gasteiger partial charge in [0.15, 0.2) is 5.82 Å². The van der Waals surface area contributed by atoms with E-state index in [-0.39, 0.29) is 5.91 Å². The lowest BCUT2D eigenvalue weighted by atomic mass is 9.97. The maximum Gasteiger partial charge on any atom is 0.272 e. The highest BCUT2D eigenvalue weighted by molar-refractivity contribution is 5.92. The van der Waals surface area contributed by atoms with E-state index in [0.29, 0.717) is 23.6 Å². The Morgan fingerprint density at radius 3 is 2.92 bits per heavy atom. The number of nitrogens with zero attached hydrogens (tertiary/aromatic N) is 6. The van der Waals surface area contributed by atoms with Gasteiger partial charge in [0.25, 0.3) is 5.91 Å². The van der Waals surface area contributed by atoms with Crippen LogP contribution in [-0.4, -0.2) is 57.2 Å². The summed E-state index contributed by atoms with van der Waals surface area (Å²) in [6.45, 7) is 1.60. The van der Waals surface area contributed by atoms with Crippen LogP contribution in [0.15, 0.2) is 36.9 Å². The number of aromatic nitrogens is 4. The van der Waals surface area contributed by atoms with Gasteiger partial charge in [-0.2, -0.15) is 5.10 Å². The van der Waals surface area contributed by atoms with Gasteiger partial charge in [-0.15, -0.1) is 5.10 Å². The number of likely N-dealkylation sites (tertiary alicyclic amines) is 1. The number of hydrogen-bond donors (Lipinski definition) is 0. The van der Waals surface area contributed by atoms with Crippen molar-refractivity contribution in [2.45, 2.75) is 18.9 Å². The van der Waals surface area contributed by atoms with E-state index in [1.165, 1.54) is 6.33 Å². The van der Waals surface area contributed by atoms with Crippen LogP contribution in [-0.2, 0) is 0 Å². The molecule has 0 bridgehead atoms. The van der Waals surface area contributed by atoms with E-state index in [1.807, 2.05) is 17.0 Å². The van der Waals surface area contributed by atoms with Gasteiger partial charge in [-0.3, -0.25) is 4.79 Å². The van der Waals surface area contributed by atoms with Gasteiger partial charge in [-0.05, 0) is 37.0 Å². The van der Waals surface area contributed by atoms with Crippen LogP contribution in [0.4, 0.5) is 5.82 Å². The van der Waals surface area contributed by atoms with E-state index in [1.54, 1.807) is 18.5 Å². The molecule has 2 aromatic rings. The van der Waals surface area contributed by atoms with Gasteiger partial charge in [-0.1, -0.05) is 0 Å². The first-order valence-electron chi connectivity index (χ1n) is 8.30. The molecule has 3 atom stereocenters. The number of hydrogen-bond acceptors (Lipinski definition) is 6. The zero-order chi connectivity index (χ0) is 16.5. The lowest BCUT2D eigenvalue weighted by molar-refractivity contribution is 0.0773. The predicted molar refractivity (Wildman–Crippen MR) is 88.4 cm³/mol. The van der Waals surface area contributed by atoms with Crippen LogP contribution >= 0.6 is 0 Å². The van der Waals surface area contributed by atoms with Gasteiger partial charge in [0.1, 0.15) is 12.0 Å². The van der Waals surface area contributed by atoms with Crippen molar-refractivity contribution in [1.82, 2.24) is 25.1 Å². The highest BCUT2D eigenvalue weighted by atomic mass is 16.2. The summed E-state index contributed by atoms with van der Waals surface area (Å²) in [6, 6.07) is 5.97. The molecular formula is C17H20N6O. The number of carbonyl (C=O) groups is 1. The maximum atomic E-state index is 12.6. The molecule has 1 amide bonds. The highest BCUT2D eigenvalue weighted by Gasteiger charge is 2.45.